The van der Waals surface area contributed by atoms with Gasteiger partial charge in [-0.05, 0) is 79.1 Å². The molecule has 3 fully saturated rings. The molecule has 3 aromatic carbocycles. The molecule has 0 bridgehead atoms. The van der Waals surface area contributed by atoms with Crippen molar-refractivity contribution >= 4 is 61.2 Å². The molecular formula is C50H58ClN9O8S. The molecule has 2 aromatic heterocycles. The van der Waals surface area contributed by atoms with Crippen LogP contribution in [0.5, 0.6) is 17.2 Å². The van der Waals surface area contributed by atoms with E-state index in [1.807, 2.05) is 18.2 Å². The third-order valence-electron chi connectivity index (χ3n) is 14.3. The van der Waals surface area contributed by atoms with Crippen LogP contribution in [0.25, 0.3) is 16.6 Å². The maximum absolute atomic E-state index is 14.1. The van der Waals surface area contributed by atoms with Crippen molar-refractivity contribution in [2.24, 2.45) is 5.41 Å². The van der Waals surface area contributed by atoms with Crippen LogP contribution in [-0.4, -0.2) is 141 Å². The maximum atomic E-state index is 14.1. The van der Waals surface area contributed by atoms with Gasteiger partial charge in [0.1, 0.15) is 23.8 Å². The van der Waals surface area contributed by atoms with Gasteiger partial charge in [-0.3, -0.25) is 29.6 Å². The predicted octanol–water partition coefficient (Wildman–Crippen LogP) is 7.40. The summed E-state index contributed by atoms with van der Waals surface area (Å²) in [5.74, 6) is -0.505. The van der Waals surface area contributed by atoms with Gasteiger partial charge in [-0.1, -0.05) is 43.2 Å². The highest BCUT2D eigenvalue weighted by atomic mass is 35.5. The second-order valence-electron chi connectivity index (χ2n) is 19.8. The summed E-state index contributed by atoms with van der Waals surface area (Å²) in [6, 6.07) is 19.5. The van der Waals surface area contributed by atoms with Crippen LogP contribution in [0.3, 0.4) is 0 Å². The average Bonchev–Trinajstić information content (AvgIpc) is 3.78. The Morgan fingerprint density at radius 3 is 2.52 bits per heavy atom. The second kappa shape index (κ2) is 19.2. The molecule has 2 atom stereocenters. The molecule has 5 aliphatic rings. The predicted molar refractivity (Wildman–Crippen MR) is 265 cm³/mol. The Hall–Kier alpha value is -5.76. The van der Waals surface area contributed by atoms with Crippen LogP contribution < -0.4 is 24.4 Å². The lowest BCUT2D eigenvalue weighted by Crippen LogP contribution is -2.61. The molecule has 5 aromatic rings. The number of H-pyrrole nitrogens is 1. The minimum absolute atomic E-state index is 0.0129. The summed E-state index contributed by atoms with van der Waals surface area (Å²) in [4.78, 5) is 42.5. The summed E-state index contributed by atoms with van der Waals surface area (Å²) in [6.07, 6.45) is 6.47. The number of nitrogens with zero attached hydrogens (tertiary/aromatic N) is 6. The van der Waals surface area contributed by atoms with Gasteiger partial charge in [0.05, 0.1) is 46.9 Å². The number of carbonyl (C=O) groups excluding carboxylic acids is 1. The number of aromatic amines is 1. The van der Waals surface area contributed by atoms with Crippen molar-refractivity contribution in [2.75, 3.05) is 88.9 Å². The van der Waals surface area contributed by atoms with Crippen molar-refractivity contribution in [1.82, 2.24) is 29.4 Å². The van der Waals surface area contributed by atoms with Crippen LogP contribution in [0.1, 0.15) is 56.0 Å². The highest BCUT2D eigenvalue weighted by Crippen LogP contribution is 2.44. The highest BCUT2D eigenvalue weighted by Gasteiger charge is 2.37. The molecule has 3 saturated heterocycles. The first kappa shape index (κ1) is 46.9. The lowest BCUT2D eigenvalue weighted by atomic mass is 9.72. The van der Waals surface area contributed by atoms with Gasteiger partial charge in [0.25, 0.3) is 21.6 Å². The zero-order valence-corrected chi connectivity index (χ0v) is 40.7. The van der Waals surface area contributed by atoms with E-state index in [1.54, 1.807) is 30.5 Å². The van der Waals surface area contributed by atoms with E-state index in [9.17, 15) is 23.3 Å². The first-order valence-corrected chi connectivity index (χ1v) is 25.5. The molecule has 10 rings (SSSR count). The number of sulfonamides is 1. The number of nitro groups is 1. The van der Waals surface area contributed by atoms with E-state index in [0.29, 0.717) is 43.1 Å². The quantitative estimate of drug-likeness (QED) is 0.0782. The second-order valence-corrected chi connectivity index (χ2v) is 21.9. The molecule has 6 heterocycles. The molecule has 17 nitrogen and oxygen atoms in total. The first-order chi connectivity index (χ1) is 33.1. The fourth-order valence-corrected chi connectivity index (χ4v) is 11.5. The Labute approximate surface area is 406 Å². The number of hydrogen-bond donors (Lipinski definition) is 3. The fraction of sp³-hybridized carbons (Fsp3) is 0.440. The highest BCUT2D eigenvalue weighted by molar-refractivity contribution is 7.90. The monoisotopic (exact) mass is 979 g/mol. The molecule has 3 N–H and O–H groups in total. The van der Waals surface area contributed by atoms with E-state index in [2.05, 4.69) is 72.5 Å². The molecule has 4 aliphatic heterocycles. The lowest BCUT2D eigenvalue weighted by Gasteiger charge is -2.47. The number of anilines is 2. The maximum Gasteiger partial charge on any atom is 0.297 e. The van der Waals surface area contributed by atoms with Gasteiger partial charge in [0.2, 0.25) is 0 Å². The van der Waals surface area contributed by atoms with Gasteiger partial charge in [-0.15, -0.1) is 0 Å². The molecule has 364 valence electrons. The zero-order valence-electron chi connectivity index (χ0n) is 39.1. The van der Waals surface area contributed by atoms with Gasteiger partial charge in [0.15, 0.2) is 11.4 Å². The van der Waals surface area contributed by atoms with E-state index < -0.39 is 31.4 Å². The summed E-state index contributed by atoms with van der Waals surface area (Å²) in [5, 5.41) is 17.3. The number of rotatable bonds is 13. The number of allylic oxidation sites excluding steroid dienone is 1. The fourth-order valence-electron chi connectivity index (χ4n) is 10.4. The summed E-state index contributed by atoms with van der Waals surface area (Å²) in [5.41, 5.74) is 5.34. The molecule has 0 saturated carbocycles. The topological polar surface area (TPSA) is 188 Å². The van der Waals surface area contributed by atoms with Crippen LogP contribution in [0.2, 0.25) is 5.02 Å². The van der Waals surface area contributed by atoms with Crippen LogP contribution in [0.15, 0.2) is 89.6 Å². The third kappa shape index (κ3) is 10.3. The number of pyridine rings is 1. The smallest absolute Gasteiger partial charge is 0.297 e. The summed E-state index contributed by atoms with van der Waals surface area (Å²) < 4.78 is 48.0. The largest absolute Gasteiger partial charge is 0.489 e. The van der Waals surface area contributed by atoms with Gasteiger partial charge in [-0.25, -0.2) is 18.1 Å². The number of benzene rings is 3. The Morgan fingerprint density at radius 1 is 1.00 bits per heavy atom. The SMILES string of the molecule is CC1CN(CC2COc3cc(S(=O)(=O)NC(=O)c4ccc(N5CCN(CC6=C(c7ccc(Cl)cc7)CC(C)(C)CC6)CC5)cc4Oc4cnc5[nH]ccc5c4)cc([N+](=O)[O-])c3N2)CCN1C1COC1. The normalized spacial score (nSPS) is 21.5. The average molecular weight is 981 g/mol. The molecule has 0 radical (unpaired) electrons. The van der Waals surface area contributed by atoms with Crippen LogP contribution in [-0.2, 0) is 14.8 Å². The van der Waals surface area contributed by atoms with Crippen molar-refractivity contribution in [1.29, 1.82) is 0 Å². The minimum atomic E-state index is -4.67. The number of hydrogen-bond acceptors (Lipinski definition) is 14. The molecule has 2 unspecified atom stereocenters. The number of nitro benzene ring substituents is 1. The number of aromatic nitrogens is 2. The molecule has 1 amide bonds. The summed E-state index contributed by atoms with van der Waals surface area (Å²) in [6.45, 7) is 15.6. The summed E-state index contributed by atoms with van der Waals surface area (Å²) in [7, 11) is -4.67. The first-order valence-electron chi connectivity index (χ1n) is 23.7. The van der Waals surface area contributed by atoms with E-state index in [0.717, 1.165) is 93.9 Å². The zero-order chi connectivity index (χ0) is 48.0. The van der Waals surface area contributed by atoms with Crippen molar-refractivity contribution in [2.45, 2.75) is 63.1 Å². The summed E-state index contributed by atoms with van der Waals surface area (Å²) >= 11 is 6.26. The van der Waals surface area contributed by atoms with Gasteiger partial charge >= 0.3 is 0 Å². The van der Waals surface area contributed by atoms with Gasteiger partial charge in [0, 0.05) is 105 Å². The van der Waals surface area contributed by atoms with Crippen molar-refractivity contribution in [3.05, 3.63) is 111 Å². The molecule has 19 heteroatoms. The van der Waals surface area contributed by atoms with E-state index in [-0.39, 0.29) is 40.8 Å². The van der Waals surface area contributed by atoms with Crippen LogP contribution in [0, 0.1) is 15.5 Å². The molecular weight excluding hydrogens is 922 g/mol. The standard InChI is InChI=1S/C50H58ClN9O8S/c1-32-26-57(16-19-59(32)39-30-66-31-39)28-37-29-67-46-23-41(22-44(60(62)63)47(46)54-37)69(64,65)55-49(61)42-9-8-38(21-45(42)68-40-20-34-11-13-52-48(34)53-25-40)58-17-14-56(15-18-58)27-35-10-12-50(2,3)24-43(35)33-4-6-36(51)7-5-33/h4-9,11,13,20-23,25,32,37,39,54H,10,12,14-19,24,26-31H2,1-3H3,(H,52,53)(H,55,61). The van der Waals surface area contributed by atoms with Gasteiger partial charge in [-0.2, -0.15) is 0 Å². The van der Waals surface area contributed by atoms with Crippen LogP contribution >= 0.6 is 11.6 Å². The Morgan fingerprint density at radius 2 is 1.78 bits per heavy atom. The molecule has 0 spiro atoms. The van der Waals surface area contributed by atoms with Crippen molar-refractivity contribution in [3.8, 4) is 17.2 Å². The van der Waals surface area contributed by atoms with Crippen LogP contribution in [0.4, 0.5) is 17.1 Å². The van der Waals surface area contributed by atoms with E-state index >= 15 is 0 Å². The Kier molecular flexibility index (Phi) is 13.1. The Balaban J connectivity index is 0.850. The number of halogens is 1. The number of nitrogens with one attached hydrogen (secondary N) is 3. The number of ether oxygens (including phenoxy) is 3. The van der Waals surface area contributed by atoms with E-state index in [1.165, 1.54) is 29.0 Å². The minimum Gasteiger partial charge on any atom is -0.489 e. The van der Waals surface area contributed by atoms with E-state index in [4.69, 9.17) is 25.8 Å². The number of piperazine rings is 2. The number of carbonyl (C=O) groups is 1. The molecule has 1 aliphatic carbocycles. The van der Waals surface area contributed by atoms with Crippen molar-refractivity contribution in [3.63, 3.8) is 0 Å². The Bertz CT molecular complexity index is 2900. The van der Waals surface area contributed by atoms with Gasteiger partial charge < -0.3 is 29.4 Å². The number of amides is 1. The third-order valence-corrected chi connectivity index (χ3v) is 15.8. The van der Waals surface area contributed by atoms with Crippen molar-refractivity contribution < 1.29 is 32.3 Å². The number of fused-ring (bicyclic) bond motifs is 2. The lowest BCUT2D eigenvalue weighted by molar-refractivity contribution is -0.384. The molecule has 69 heavy (non-hydrogen) atoms.